The highest BCUT2D eigenvalue weighted by Gasteiger charge is 2.18. The Labute approximate surface area is 86.1 Å². The van der Waals surface area contributed by atoms with Crippen molar-refractivity contribution in [3.8, 4) is 0 Å². The predicted octanol–water partition coefficient (Wildman–Crippen LogP) is 3.81. The summed E-state index contributed by atoms with van der Waals surface area (Å²) in [6.45, 7) is 9.87. The van der Waals surface area contributed by atoms with Crippen LogP contribution in [0.2, 0.25) is 0 Å². The molecule has 1 aromatic carbocycles. The van der Waals surface area contributed by atoms with Crippen molar-refractivity contribution in [2.24, 2.45) is 5.92 Å². The van der Waals surface area contributed by atoms with Crippen LogP contribution in [-0.2, 0) is 0 Å². The minimum absolute atomic E-state index is 0.0515. The van der Waals surface area contributed by atoms with Crippen molar-refractivity contribution in [1.82, 2.24) is 0 Å². The van der Waals surface area contributed by atoms with Crippen LogP contribution in [0.4, 0.5) is 0 Å². The summed E-state index contributed by atoms with van der Waals surface area (Å²) in [7, 11) is 0. The quantitative estimate of drug-likeness (QED) is 0.719. The molecule has 0 aliphatic heterocycles. The molecule has 0 bridgehead atoms. The van der Waals surface area contributed by atoms with Crippen LogP contribution in [0.15, 0.2) is 36.6 Å². The van der Waals surface area contributed by atoms with E-state index in [0.717, 1.165) is 5.56 Å². The molecule has 0 saturated carbocycles. The topological polar surface area (TPSA) is 20.2 Å². The van der Waals surface area contributed by atoms with Crippen molar-refractivity contribution < 1.29 is 5.11 Å². The second kappa shape index (κ2) is 4.32. The molecule has 1 atom stereocenters. The van der Waals surface area contributed by atoms with Crippen LogP contribution in [0, 0.1) is 12.8 Å². The van der Waals surface area contributed by atoms with E-state index in [0.29, 0.717) is 5.92 Å². The summed E-state index contributed by atoms with van der Waals surface area (Å²) in [5.41, 5.74) is 2.37. The van der Waals surface area contributed by atoms with Gasteiger partial charge in [0.1, 0.15) is 0 Å². The number of benzene rings is 1. The Kier molecular flexibility index (Phi) is 3.34. The third kappa shape index (κ3) is 2.38. The summed E-state index contributed by atoms with van der Waals surface area (Å²) >= 11 is 0. The lowest BCUT2D eigenvalue weighted by Gasteiger charge is -2.20. The Hall–Kier alpha value is -1.24. The molecule has 1 nitrogen and oxygen atoms in total. The maximum absolute atomic E-state index is 9.51. The maximum atomic E-state index is 9.51. The van der Waals surface area contributed by atoms with Gasteiger partial charge in [0.15, 0.2) is 0 Å². The van der Waals surface area contributed by atoms with E-state index in [1.54, 1.807) is 0 Å². The monoisotopic (exact) mass is 190 g/mol. The van der Waals surface area contributed by atoms with Crippen LogP contribution >= 0.6 is 0 Å². The Morgan fingerprint density at radius 3 is 2.07 bits per heavy atom. The lowest BCUT2D eigenvalue weighted by molar-refractivity contribution is 0.336. The van der Waals surface area contributed by atoms with Crippen LogP contribution in [0.5, 0.6) is 0 Å². The van der Waals surface area contributed by atoms with Gasteiger partial charge in [-0.05, 0) is 18.4 Å². The third-order valence-electron chi connectivity index (χ3n) is 2.46. The highest BCUT2D eigenvalue weighted by atomic mass is 16.3. The van der Waals surface area contributed by atoms with Gasteiger partial charge in [0, 0.05) is 5.92 Å². The summed E-state index contributed by atoms with van der Waals surface area (Å²) in [6.07, 6.45) is 0. The SMILES string of the molecule is C=C(O)C(c1ccc(C)cc1)C(C)C. The maximum Gasteiger partial charge on any atom is 0.0928 e. The predicted molar refractivity (Wildman–Crippen MR) is 60.5 cm³/mol. The largest absolute Gasteiger partial charge is 0.512 e. The van der Waals surface area contributed by atoms with Gasteiger partial charge in [0.25, 0.3) is 0 Å². The average Bonchev–Trinajstić information content (AvgIpc) is 2.07. The summed E-state index contributed by atoms with van der Waals surface area (Å²) in [5.74, 6) is 0.676. The van der Waals surface area contributed by atoms with Crippen LogP contribution in [0.25, 0.3) is 0 Å². The molecule has 0 radical (unpaired) electrons. The normalized spacial score (nSPS) is 12.9. The molecule has 0 amide bonds. The highest BCUT2D eigenvalue weighted by Crippen LogP contribution is 2.29. The Balaban J connectivity index is 3.00. The molecule has 0 aromatic heterocycles. The fourth-order valence-electron chi connectivity index (χ4n) is 1.74. The molecule has 0 heterocycles. The van der Waals surface area contributed by atoms with Gasteiger partial charge in [0.2, 0.25) is 0 Å². The third-order valence-corrected chi connectivity index (χ3v) is 2.46. The fraction of sp³-hybridized carbons (Fsp3) is 0.385. The molecule has 14 heavy (non-hydrogen) atoms. The van der Waals surface area contributed by atoms with Gasteiger partial charge < -0.3 is 5.11 Å². The van der Waals surface area contributed by atoms with E-state index in [1.807, 2.05) is 0 Å². The standard InChI is InChI=1S/C13H18O/c1-9(2)13(11(4)14)12-7-5-10(3)6-8-12/h5-9,13-14H,4H2,1-3H3. The van der Waals surface area contributed by atoms with Crippen molar-refractivity contribution in [2.45, 2.75) is 26.7 Å². The molecule has 0 saturated heterocycles. The molecular formula is C13H18O. The summed E-state index contributed by atoms with van der Waals surface area (Å²) < 4.78 is 0. The second-order valence-corrected chi connectivity index (χ2v) is 4.12. The number of hydrogen-bond acceptors (Lipinski definition) is 1. The molecule has 0 spiro atoms. The number of rotatable bonds is 3. The van der Waals surface area contributed by atoms with E-state index >= 15 is 0 Å². The number of aryl methyl sites for hydroxylation is 1. The van der Waals surface area contributed by atoms with Gasteiger partial charge in [-0.3, -0.25) is 0 Å². The van der Waals surface area contributed by atoms with Gasteiger partial charge in [-0.15, -0.1) is 0 Å². The molecule has 0 fully saturated rings. The first-order valence-corrected chi connectivity index (χ1v) is 4.96. The molecule has 1 rings (SSSR count). The number of allylic oxidation sites excluding steroid dienone is 1. The Morgan fingerprint density at radius 2 is 1.71 bits per heavy atom. The zero-order valence-corrected chi connectivity index (χ0v) is 9.12. The number of hydrogen-bond donors (Lipinski definition) is 1. The van der Waals surface area contributed by atoms with Gasteiger partial charge in [-0.1, -0.05) is 50.3 Å². The molecule has 1 aromatic rings. The first-order chi connectivity index (χ1) is 6.52. The van der Waals surface area contributed by atoms with Crippen molar-refractivity contribution >= 4 is 0 Å². The lowest BCUT2D eigenvalue weighted by Crippen LogP contribution is -2.08. The van der Waals surface area contributed by atoms with Crippen LogP contribution < -0.4 is 0 Å². The average molecular weight is 190 g/mol. The highest BCUT2D eigenvalue weighted by molar-refractivity contribution is 5.28. The van der Waals surface area contributed by atoms with Gasteiger partial charge in [-0.2, -0.15) is 0 Å². The molecule has 76 valence electrons. The molecule has 1 N–H and O–H groups in total. The second-order valence-electron chi connectivity index (χ2n) is 4.12. The molecule has 1 heteroatoms. The van der Waals surface area contributed by atoms with E-state index in [9.17, 15) is 5.11 Å². The van der Waals surface area contributed by atoms with E-state index in [4.69, 9.17) is 0 Å². The number of aliphatic hydroxyl groups is 1. The van der Waals surface area contributed by atoms with E-state index in [-0.39, 0.29) is 11.7 Å². The summed E-state index contributed by atoms with van der Waals surface area (Å²) in [6, 6.07) is 8.24. The number of aliphatic hydroxyl groups excluding tert-OH is 1. The minimum Gasteiger partial charge on any atom is -0.512 e. The Bertz CT molecular complexity index is 309. The fourth-order valence-corrected chi connectivity index (χ4v) is 1.74. The van der Waals surface area contributed by atoms with E-state index < -0.39 is 0 Å². The summed E-state index contributed by atoms with van der Waals surface area (Å²) in [4.78, 5) is 0. The van der Waals surface area contributed by atoms with E-state index in [2.05, 4.69) is 51.6 Å². The molecule has 0 aliphatic carbocycles. The van der Waals surface area contributed by atoms with Crippen molar-refractivity contribution in [3.05, 3.63) is 47.7 Å². The van der Waals surface area contributed by atoms with Gasteiger partial charge in [-0.25, -0.2) is 0 Å². The first kappa shape index (κ1) is 10.8. The van der Waals surface area contributed by atoms with E-state index in [1.165, 1.54) is 5.56 Å². The zero-order valence-electron chi connectivity index (χ0n) is 9.12. The molecule has 0 aliphatic rings. The van der Waals surface area contributed by atoms with Crippen molar-refractivity contribution in [1.29, 1.82) is 0 Å². The Morgan fingerprint density at radius 1 is 1.21 bits per heavy atom. The van der Waals surface area contributed by atoms with Crippen LogP contribution in [-0.4, -0.2) is 5.11 Å². The van der Waals surface area contributed by atoms with Gasteiger partial charge >= 0.3 is 0 Å². The van der Waals surface area contributed by atoms with Crippen molar-refractivity contribution in [3.63, 3.8) is 0 Å². The van der Waals surface area contributed by atoms with Crippen molar-refractivity contribution in [2.75, 3.05) is 0 Å². The smallest absolute Gasteiger partial charge is 0.0928 e. The molecular weight excluding hydrogens is 172 g/mol. The minimum atomic E-state index is 0.0515. The van der Waals surface area contributed by atoms with Crippen LogP contribution in [0.3, 0.4) is 0 Å². The zero-order chi connectivity index (χ0) is 10.7. The summed E-state index contributed by atoms with van der Waals surface area (Å²) in [5, 5.41) is 9.51. The first-order valence-electron chi connectivity index (χ1n) is 4.96. The molecule has 1 unspecified atom stereocenters. The van der Waals surface area contributed by atoms with Crippen LogP contribution in [0.1, 0.15) is 30.9 Å². The van der Waals surface area contributed by atoms with Gasteiger partial charge in [0.05, 0.1) is 5.76 Å². The lowest BCUT2D eigenvalue weighted by atomic mass is 9.87.